The van der Waals surface area contributed by atoms with Crippen LogP contribution in [0, 0.1) is 0 Å². The lowest BCUT2D eigenvalue weighted by atomic mass is 10.4. The van der Waals surface area contributed by atoms with Crippen LogP contribution in [0.15, 0.2) is 6.20 Å². The predicted octanol–water partition coefficient (Wildman–Crippen LogP) is 3.31. The number of anilines is 1. The minimum Gasteiger partial charge on any atom is -0.343 e. The molecule has 1 saturated carbocycles. The van der Waals surface area contributed by atoms with Gasteiger partial charge in [0.25, 0.3) is 0 Å². The Morgan fingerprint density at radius 2 is 2.00 bits per heavy atom. The number of hydrogen-bond donors (Lipinski definition) is 0. The van der Waals surface area contributed by atoms with Gasteiger partial charge in [-0.3, -0.25) is 0 Å². The van der Waals surface area contributed by atoms with Crippen molar-refractivity contribution in [2.45, 2.75) is 25.1 Å². The zero-order chi connectivity index (χ0) is 12.6. The first-order chi connectivity index (χ1) is 7.87. The van der Waals surface area contributed by atoms with Gasteiger partial charge in [0.1, 0.15) is 11.6 Å². The molecule has 0 spiro atoms. The van der Waals surface area contributed by atoms with Gasteiger partial charge in [0.2, 0.25) is 5.28 Å². The smallest absolute Gasteiger partial charge is 0.343 e. The number of hydrogen-bond acceptors (Lipinski definition) is 3. The highest BCUT2D eigenvalue weighted by molar-refractivity contribution is 6.33. The molecule has 3 nitrogen and oxygen atoms in total. The van der Waals surface area contributed by atoms with Crippen LogP contribution in [0.5, 0.6) is 0 Å². The molecule has 1 aromatic rings. The molecule has 1 aliphatic rings. The minimum atomic E-state index is -4.30. The summed E-state index contributed by atoms with van der Waals surface area (Å²) >= 11 is 11.4. The fraction of sp³-hybridized carbons (Fsp3) is 0.556. The van der Waals surface area contributed by atoms with Crippen LogP contribution < -0.4 is 4.90 Å². The maximum absolute atomic E-state index is 12.5. The highest BCUT2D eigenvalue weighted by atomic mass is 35.5. The maximum Gasteiger partial charge on any atom is 0.405 e. The van der Waals surface area contributed by atoms with E-state index in [-0.39, 0.29) is 22.2 Å². The molecule has 0 aromatic carbocycles. The Hall–Kier alpha value is -0.750. The van der Waals surface area contributed by atoms with E-state index in [9.17, 15) is 13.2 Å². The van der Waals surface area contributed by atoms with E-state index in [0.29, 0.717) is 12.8 Å². The van der Waals surface area contributed by atoms with Crippen LogP contribution in [-0.4, -0.2) is 28.7 Å². The molecule has 0 atom stereocenters. The van der Waals surface area contributed by atoms with Crippen LogP contribution in [0.3, 0.4) is 0 Å². The molecule has 0 aliphatic heterocycles. The third kappa shape index (κ3) is 3.35. The Morgan fingerprint density at radius 1 is 1.35 bits per heavy atom. The zero-order valence-corrected chi connectivity index (χ0v) is 10.0. The van der Waals surface area contributed by atoms with Crippen molar-refractivity contribution in [1.29, 1.82) is 0 Å². The molecule has 1 aromatic heterocycles. The lowest BCUT2D eigenvalue weighted by molar-refractivity contribution is -0.120. The van der Waals surface area contributed by atoms with Gasteiger partial charge in [0, 0.05) is 6.04 Å². The molecule has 94 valence electrons. The zero-order valence-electron chi connectivity index (χ0n) is 8.51. The first kappa shape index (κ1) is 12.7. The number of alkyl halides is 3. The molecule has 8 heteroatoms. The first-order valence-corrected chi connectivity index (χ1v) is 5.64. The van der Waals surface area contributed by atoms with E-state index in [1.165, 1.54) is 6.20 Å². The van der Waals surface area contributed by atoms with Gasteiger partial charge in [-0.2, -0.15) is 18.2 Å². The average molecular weight is 286 g/mol. The molecule has 1 aliphatic carbocycles. The molecule has 1 fully saturated rings. The molecule has 0 saturated heterocycles. The summed E-state index contributed by atoms with van der Waals surface area (Å²) in [5, 5.41) is -0.0391. The van der Waals surface area contributed by atoms with Crippen molar-refractivity contribution in [2.24, 2.45) is 0 Å². The van der Waals surface area contributed by atoms with Crippen molar-refractivity contribution in [3.8, 4) is 0 Å². The molecule has 0 bridgehead atoms. The van der Waals surface area contributed by atoms with Crippen molar-refractivity contribution >= 4 is 29.0 Å². The van der Waals surface area contributed by atoms with Crippen molar-refractivity contribution in [1.82, 2.24) is 9.97 Å². The van der Waals surface area contributed by atoms with E-state index in [2.05, 4.69) is 9.97 Å². The molecule has 0 unspecified atom stereocenters. The van der Waals surface area contributed by atoms with Crippen LogP contribution in [0.2, 0.25) is 10.3 Å². The topological polar surface area (TPSA) is 29.0 Å². The molecule has 2 rings (SSSR count). The van der Waals surface area contributed by atoms with Gasteiger partial charge in [0.05, 0.1) is 6.20 Å². The number of aromatic nitrogens is 2. The molecule has 0 amide bonds. The fourth-order valence-electron chi connectivity index (χ4n) is 1.50. The van der Waals surface area contributed by atoms with E-state index in [1.54, 1.807) is 0 Å². The highest BCUT2D eigenvalue weighted by Gasteiger charge is 2.39. The van der Waals surface area contributed by atoms with E-state index >= 15 is 0 Å². The third-order valence-electron chi connectivity index (χ3n) is 2.31. The van der Waals surface area contributed by atoms with E-state index in [1.807, 2.05) is 0 Å². The maximum atomic E-state index is 12.5. The standard InChI is InChI=1S/C9H8Cl2F3N3/c10-6-3-15-8(11)16-7(6)17(5-1-2-5)4-9(12,13)14/h3,5H,1-2,4H2. The summed E-state index contributed by atoms with van der Waals surface area (Å²) in [6.45, 7) is -1.08. The Bertz CT molecular complexity index is 420. The number of nitrogens with zero attached hydrogens (tertiary/aromatic N) is 3. The molecule has 1 heterocycles. The third-order valence-corrected chi connectivity index (χ3v) is 2.75. The summed E-state index contributed by atoms with van der Waals surface area (Å²) < 4.78 is 37.4. The van der Waals surface area contributed by atoms with Crippen molar-refractivity contribution in [3.63, 3.8) is 0 Å². The van der Waals surface area contributed by atoms with Crippen LogP contribution in [0.4, 0.5) is 19.0 Å². The van der Waals surface area contributed by atoms with Gasteiger partial charge < -0.3 is 4.90 Å². The Balaban J connectivity index is 2.29. The highest BCUT2D eigenvalue weighted by Crippen LogP contribution is 2.36. The van der Waals surface area contributed by atoms with Gasteiger partial charge in [0.15, 0.2) is 5.82 Å². The number of halogens is 5. The summed E-state index contributed by atoms with van der Waals surface area (Å²) in [6, 6.07) is -0.167. The summed E-state index contributed by atoms with van der Waals surface area (Å²) in [6.07, 6.45) is -1.69. The van der Waals surface area contributed by atoms with Crippen LogP contribution in [-0.2, 0) is 0 Å². The van der Waals surface area contributed by atoms with Gasteiger partial charge >= 0.3 is 6.18 Å². The fourth-order valence-corrected chi connectivity index (χ4v) is 1.82. The van der Waals surface area contributed by atoms with Crippen molar-refractivity contribution in [2.75, 3.05) is 11.4 Å². The van der Waals surface area contributed by atoms with Crippen LogP contribution in [0.25, 0.3) is 0 Å². The second kappa shape index (κ2) is 4.49. The quantitative estimate of drug-likeness (QED) is 0.798. The van der Waals surface area contributed by atoms with Gasteiger partial charge in [-0.05, 0) is 24.4 Å². The SMILES string of the molecule is FC(F)(F)CN(c1nc(Cl)ncc1Cl)C1CC1. The van der Waals surface area contributed by atoms with Crippen LogP contribution in [0.1, 0.15) is 12.8 Å². The predicted molar refractivity (Wildman–Crippen MR) is 58.5 cm³/mol. The largest absolute Gasteiger partial charge is 0.405 e. The minimum absolute atomic E-state index is 0.0477. The van der Waals surface area contributed by atoms with E-state index < -0.39 is 12.7 Å². The lowest BCUT2D eigenvalue weighted by Crippen LogP contribution is -2.36. The lowest BCUT2D eigenvalue weighted by Gasteiger charge is -2.25. The van der Waals surface area contributed by atoms with Crippen molar-refractivity contribution in [3.05, 3.63) is 16.5 Å². The molecular weight excluding hydrogens is 278 g/mol. The monoisotopic (exact) mass is 285 g/mol. The van der Waals surface area contributed by atoms with Crippen molar-refractivity contribution < 1.29 is 13.2 Å². The number of rotatable bonds is 3. The molecule has 0 radical (unpaired) electrons. The summed E-state index contributed by atoms with van der Waals surface area (Å²) in [7, 11) is 0. The normalized spacial score (nSPS) is 16.1. The first-order valence-electron chi connectivity index (χ1n) is 4.88. The van der Waals surface area contributed by atoms with Gasteiger partial charge in [-0.25, -0.2) is 4.98 Å². The average Bonchev–Trinajstić information content (AvgIpc) is 3.00. The Labute approximate surface area is 106 Å². The van der Waals surface area contributed by atoms with Crippen LogP contribution >= 0.6 is 23.2 Å². The van der Waals surface area contributed by atoms with E-state index in [0.717, 1.165) is 4.90 Å². The second-order valence-corrected chi connectivity index (χ2v) is 4.53. The van der Waals surface area contributed by atoms with E-state index in [4.69, 9.17) is 23.2 Å². The summed E-state index contributed by atoms with van der Waals surface area (Å²) in [5.74, 6) is 0.0477. The molecular formula is C9H8Cl2F3N3. The van der Waals surface area contributed by atoms with Gasteiger partial charge in [-0.1, -0.05) is 11.6 Å². The Morgan fingerprint density at radius 3 is 2.53 bits per heavy atom. The summed E-state index contributed by atoms with van der Waals surface area (Å²) in [4.78, 5) is 8.51. The second-order valence-electron chi connectivity index (χ2n) is 3.78. The Kier molecular flexibility index (Phi) is 3.36. The van der Waals surface area contributed by atoms with Gasteiger partial charge in [-0.15, -0.1) is 0 Å². The molecule has 0 N–H and O–H groups in total. The molecule has 17 heavy (non-hydrogen) atoms. The summed E-state index contributed by atoms with van der Waals surface area (Å²) in [5.41, 5.74) is 0.